The van der Waals surface area contributed by atoms with Gasteiger partial charge in [0.05, 0.1) is 11.6 Å². The predicted octanol–water partition coefficient (Wildman–Crippen LogP) is 7.43. The van der Waals surface area contributed by atoms with Crippen LogP contribution in [0.25, 0.3) is 11.0 Å². The first-order valence-electron chi connectivity index (χ1n) is 10.3. The van der Waals surface area contributed by atoms with Gasteiger partial charge in [-0.25, -0.2) is 0 Å². The highest BCUT2D eigenvalue weighted by Gasteiger charge is 2.10. The summed E-state index contributed by atoms with van der Waals surface area (Å²) >= 11 is 1.94. The second-order valence-electron chi connectivity index (χ2n) is 6.95. The molecule has 0 spiro atoms. The molecule has 0 amide bonds. The number of aryl methyl sites for hydroxylation is 1. The lowest BCUT2D eigenvalue weighted by atomic mass is 10.1. The Labute approximate surface area is 178 Å². The van der Waals surface area contributed by atoms with Gasteiger partial charge in [-0.05, 0) is 61.2 Å². The molecule has 0 saturated carbocycles. The van der Waals surface area contributed by atoms with Gasteiger partial charge in [-0.15, -0.1) is 11.8 Å². The summed E-state index contributed by atoms with van der Waals surface area (Å²) in [7, 11) is 0. The summed E-state index contributed by atoms with van der Waals surface area (Å²) in [4.78, 5) is 12.0. The molecule has 0 aliphatic carbocycles. The number of carbonyl (C=O) groups is 1. The number of nitriles is 1. The summed E-state index contributed by atoms with van der Waals surface area (Å²) < 4.78 is 5.39. The third-order valence-electron chi connectivity index (χ3n) is 4.64. The number of nitrogens with zero attached hydrogens (tertiary/aromatic N) is 1. The van der Waals surface area contributed by atoms with Crippen LogP contribution in [0.5, 0.6) is 0 Å². The molecule has 0 N–H and O–H groups in total. The number of carbonyl (C=O) groups excluding carboxylic acids is 1. The van der Waals surface area contributed by atoms with Crippen LogP contribution in [0.2, 0.25) is 0 Å². The molecule has 4 heteroatoms. The lowest BCUT2D eigenvalue weighted by molar-refractivity contribution is 0.110. The topological polar surface area (TPSA) is 54.0 Å². The van der Waals surface area contributed by atoms with Crippen LogP contribution in [-0.2, 0) is 6.42 Å². The zero-order valence-corrected chi connectivity index (χ0v) is 18.3. The van der Waals surface area contributed by atoms with Crippen molar-refractivity contribution in [3.63, 3.8) is 0 Å². The van der Waals surface area contributed by atoms with Gasteiger partial charge in [-0.1, -0.05) is 45.7 Å². The SMILES string of the molecule is CCCC(CCC)Sc1ccc2oc(C=O)cc2c1.CCc1ccc(C#N)cc1. The molecule has 152 valence electrons. The molecule has 29 heavy (non-hydrogen) atoms. The van der Waals surface area contributed by atoms with Crippen molar-refractivity contribution in [2.24, 2.45) is 0 Å². The molecular weight excluding hydrogens is 378 g/mol. The Morgan fingerprint density at radius 3 is 2.28 bits per heavy atom. The minimum Gasteiger partial charge on any atom is -0.453 e. The zero-order chi connectivity index (χ0) is 21.1. The maximum Gasteiger partial charge on any atom is 0.185 e. The number of hydrogen-bond donors (Lipinski definition) is 0. The number of rotatable bonds is 8. The van der Waals surface area contributed by atoms with Gasteiger partial charge in [-0.2, -0.15) is 5.26 Å². The Morgan fingerprint density at radius 2 is 1.72 bits per heavy atom. The predicted molar refractivity (Wildman–Crippen MR) is 122 cm³/mol. The molecule has 1 aromatic heterocycles. The first-order chi connectivity index (χ1) is 14.1. The average molecular weight is 408 g/mol. The summed E-state index contributed by atoms with van der Waals surface area (Å²) in [6.45, 7) is 6.57. The Bertz CT molecular complexity index is 932. The first kappa shape index (κ1) is 22.8. The lowest BCUT2D eigenvalue weighted by Gasteiger charge is -2.14. The molecule has 3 aromatic rings. The third-order valence-corrected chi connectivity index (χ3v) is 5.97. The highest BCUT2D eigenvalue weighted by Crippen LogP contribution is 2.32. The van der Waals surface area contributed by atoms with Gasteiger partial charge in [0.25, 0.3) is 0 Å². The van der Waals surface area contributed by atoms with Crippen molar-refractivity contribution in [2.75, 3.05) is 0 Å². The van der Waals surface area contributed by atoms with Crippen LogP contribution in [0.4, 0.5) is 0 Å². The molecule has 3 rings (SSSR count). The number of aldehydes is 1. The number of fused-ring (bicyclic) bond motifs is 1. The fourth-order valence-corrected chi connectivity index (χ4v) is 4.52. The van der Waals surface area contributed by atoms with Gasteiger partial charge in [0.1, 0.15) is 5.58 Å². The van der Waals surface area contributed by atoms with E-state index in [4.69, 9.17) is 9.68 Å². The largest absolute Gasteiger partial charge is 0.453 e. The summed E-state index contributed by atoms with van der Waals surface area (Å²) in [5.74, 6) is 0.399. The highest BCUT2D eigenvalue weighted by molar-refractivity contribution is 8.00. The molecule has 0 unspecified atom stereocenters. The molecule has 2 aromatic carbocycles. The molecule has 0 bridgehead atoms. The van der Waals surface area contributed by atoms with E-state index in [1.165, 1.54) is 36.1 Å². The van der Waals surface area contributed by atoms with Crippen molar-refractivity contribution >= 4 is 29.0 Å². The van der Waals surface area contributed by atoms with E-state index in [2.05, 4.69) is 39.0 Å². The normalized spacial score (nSPS) is 10.4. The van der Waals surface area contributed by atoms with Crippen LogP contribution in [-0.4, -0.2) is 11.5 Å². The van der Waals surface area contributed by atoms with E-state index < -0.39 is 0 Å². The Hall–Kier alpha value is -2.51. The van der Waals surface area contributed by atoms with Gasteiger partial charge >= 0.3 is 0 Å². The van der Waals surface area contributed by atoms with Gasteiger partial charge in [0.2, 0.25) is 0 Å². The van der Waals surface area contributed by atoms with Crippen molar-refractivity contribution in [3.05, 3.63) is 65.4 Å². The standard InChI is InChI=1S/C16H20O2S.C9H9N/c1-3-5-14(6-4-2)19-15-7-8-16-12(10-15)9-13(11-17)18-16;1-2-8-3-5-9(7-10)6-4-8/h7-11,14H,3-6H2,1-2H3;3-6H,2H2,1H3. The van der Waals surface area contributed by atoms with Crippen molar-refractivity contribution in [2.45, 2.75) is 63.0 Å². The fourth-order valence-electron chi connectivity index (χ4n) is 3.09. The molecule has 0 radical (unpaired) electrons. The maximum atomic E-state index is 10.7. The van der Waals surface area contributed by atoms with E-state index in [0.29, 0.717) is 11.0 Å². The second kappa shape index (κ2) is 12.1. The van der Waals surface area contributed by atoms with E-state index in [0.717, 1.165) is 29.2 Å². The summed E-state index contributed by atoms with van der Waals surface area (Å²) in [6, 6.07) is 17.7. The van der Waals surface area contributed by atoms with Crippen molar-refractivity contribution in [1.82, 2.24) is 0 Å². The molecule has 3 nitrogen and oxygen atoms in total. The van der Waals surface area contributed by atoms with E-state index in [1.807, 2.05) is 42.1 Å². The minimum absolute atomic E-state index is 0.399. The monoisotopic (exact) mass is 407 g/mol. The third kappa shape index (κ3) is 7.11. The summed E-state index contributed by atoms with van der Waals surface area (Å²) in [5, 5.41) is 10.1. The highest BCUT2D eigenvalue weighted by atomic mass is 32.2. The van der Waals surface area contributed by atoms with E-state index in [-0.39, 0.29) is 0 Å². The first-order valence-corrected chi connectivity index (χ1v) is 11.2. The summed E-state index contributed by atoms with van der Waals surface area (Å²) in [5.41, 5.74) is 2.80. The number of furan rings is 1. The molecule has 0 atom stereocenters. The van der Waals surface area contributed by atoms with Crippen LogP contribution < -0.4 is 0 Å². The number of benzene rings is 2. The molecule has 0 saturated heterocycles. The van der Waals surface area contributed by atoms with Crippen LogP contribution in [0.1, 0.15) is 68.1 Å². The van der Waals surface area contributed by atoms with Crippen LogP contribution in [0.15, 0.2) is 57.8 Å². The summed E-state index contributed by atoms with van der Waals surface area (Å²) in [6.07, 6.45) is 6.74. The second-order valence-corrected chi connectivity index (χ2v) is 8.32. The van der Waals surface area contributed by atoms with Crippen LogP contribution in [0, 0.1) is 11.3 Å². The van der Waals surface area contributed by atoms with E-state index in [1.54, 1.807) is 6.07 Å². The molecular formula is C25H29NO2S. The van der Waals surface area contributed by atoms with Crippen molar-refractivity contribution in [1.29, 1.82) is 5.26 Å². The Morgan fingerprint density at radius 1 is 1.03 bits per heavy atom. The van der Waals surface area contributed by atoms with Crippen LogP contribution in [0.3, 0.4) is 0 Å². The van der Waals surface area contributed by atoms with Gasteiger partial charge < -0.3 is 4.42 Å². The average Bonchev–Trinajstić information content (AvgIpc) is 3.17. The van der Waals surface area contributed by atoms with Crippen LogP contribution >= 0.6 is 11.8 Å². The smallest absolute Gasteiger partial charge is 0.185 e. The number of thioether (sulfide) groups is 1. The molecule has 0 aliphatic heterocycles. The maximum absolute atomic E-state index is 10.7. The Kier molecular flexibility index (Phi) is 9.53. The lowest BCUT2D eigenvalue weighted by Crippen LogP contribution is -2.00. The Balaban J connectivity index is 0.000000253. The van der Waals surface area contributed by atoms with E-state index >= 15 is 0 Å². The molecule has 0 fully saturated rings. The van der Waals surface area contributed by atoms with Gasteiger partial charge in [0.15, 0.2) is 12.0 Å². The van der Waals surface area contributed by atoms with Crippen molar-refractivity contribution < 1.29 is 9.21 Å². The number of hydrogen-bond acceptors (Lipinski definition) is 4. The minimum atomic E-state index is 0.399. The van der Waals surface area contributed by atoms with E-state index in [9.17, 15) is 4.79 Å². The quantitative estimate of drug-likeness (QED) is 0.288. The van der Waals surface area contributed by atoms with Gasteiger partial charge in [-0.3, -0.25) is 4.79 Å². The van der Waals surface area contributed by atoms with Gasteiger partial charge in [0, 0.05) is 15.5 Å². The van der Waals surface area contributed by atoms with Crippen molar-refractivity contribution in [3.8, 4) is 6.07 Å². The molecule has 0 aliphatic rings. The molecule has 1 heterocycles. The zero-order valence-electron chi connectivity index (χ0n) is 17.5. The fraction of sp³-hybridized carbons (Fsp3) is 0.360.